The second-order valence-electron chi connectivity index (χ2n) is 7.41. The van der Waals surface area contributed by atoms with Gasteiger partial charge in [-0.1, -0.05) is 6.92 Å². The number of aromatic amines is 1. The van der Waals surface area contributed by atoms with Crippen molar-refractivity contribution in [3.63, 3.8) is 0 Å². The van der Waals surface area contributed by atoms with Gasteiger partial charge in [-0.25, -0.2) is 4.98 Å². The number of carbonyl (C=O) groups excluding carboxylic acids is 2. The summed E-state index contributed by atoms with van der Waals surface area (Å²) in [6, 6.07) is 5.69. The maximum Gasteiger partial charge on any atom is 0.289 e. The summed E-state index contributed by atoms with van der Waals surface area (Å²) < 4.78 is 0. The number of hydrogen-bond donors (Lipinski definition) is 2. The first-order valence-electron chi connectivity index (χ1n) is 9.48. The first kappa shape index (κ1) is 18.8. The van der Waals surface area contributed by atoms with Crippen LogP contribution in [-0.4, -0.2) is 58.9 Å². The van der Waals surface area contributed by atoms with Gasteiger partial charge in [-0.15, -0.1) is 11.8 Å². The van der Waals surface area contributed by atoms with Crippen molar-refractivity contribution in [3.05, 3.63) is 30.4 Å². The molecule has 2 amide bonds. The fourth-order valence-corrected chi connectivity index (χ4v) is 4.83. The predicted octanol–water partition coefficient (Wildman–Crippen LogP) is 1.91. The Morgan fingerprint density at radius 2 is 2.25 bits per heavy atom. The lowest BCUT2D eigenvalue weighted by atomic mass is 9.99. The van der Waals surface area contributed by atoms with Gasteiger partial charge in [-0.2, -0.15) is 5.10 Å². The smallest absolute Gasteiger partial charge is 0.289 e. The fraction of sp³-hybridized carbons (Fsp3) is 0.474. The third kappa shape index (κ3) is 3.71. The molecule has 4 rings (SSSR count). The molecule has 28 heavy (non-hydrogen) atoms. The van der Waals surface area contributed by atoms with Crippen LogP contribution in [0.2, 0.25) is 0 Å². The van der Waals surface area contributed by atoms with Crippen LogP contribution >= 0.6 is 11.8 Å². The van der Waals surface area contributed by atoms with Gasteiger partial charge in [0.2, 0.25) is 11.7 Å². The number of carbonyl (C=O) groups is 2. The van der Waals surface area contributed by atoms with Gasteiger partial charge < -0.3 is 15.1 Å². The van der Waals surface area contributed by atoms with Gasteiger partial charge in [0.05, 0.1) is 5.69 Å². The van der Waals surface area contributed by atoms with Crippen LogP contribution in [0.25, 0.3) is 0 Å². The summed E-state index contributed by atoms with van der Waals surface area (Å²) in [7, 11) is 1.77. The van der Waals surface area contributed by atoms with Crippen LogP contribution in [0.1, 0.15) is 30.4 Å². The minimum atomic E-state index is -0.626. The standard InChI is InChI=1S/C19H24N6O2S/c1-12-4-3-7-25(9-12)13-5-6-16-15(8-13)24(2)19(27)14(10-28-16)22-18(26)17-20-11-21-23-17/h5-6,8,11-12,14H,3-4,7,9-10H2,1-2H3,(H,22,26)(H,20,21,23)/t12?,14-/m0/s1. The number of hydrogen-bond acceptors (Lipinski definition) is 6. The molecule has 1 saturated heterocycles. The van der Waals surface area contributed by atoms with Gasteiger partial charge in [0.15, 0.2) is 0 Å². The number of benzene rings is 1. The Kier molecular flexibility index (Phi) is 5.25. The van der Waals surface area contributed by atoms with Gasteiger partial charge >= 0.3 is 0 Å². The predicted molar refractivity (Wildman–Crippen MR) is 109 cm³/mol. The number of likely N-dealkylation sites (N-methyl/N-ethyl adjacent to an activating group) is 1. The lowest BCUT2D eigenvalue weighted by Gasteiger charge is -2.33. The maximum atomic E-state index is 13.0. The molecule has 0 radical (unpaired) electrons. The molecule has 1 aromatic heterocycles. The number of fused-ring (bicyclic) bond motifs is 1. The highest BCUT2D eigenvalue weighted by Gasteiger charge is 2.31. The number of rotatable bonds is 3. The lowest BCUT2D eigenvalue weighted by Crippen LogP contribution is -2.48. The van der Waals surface area contributed by atoms with E-state index in [4.69, 9.17) is 0 Å². The molecule has 2 aromatic rings. The monoisotopic (exact) mass is 400 g/mol. The van der Waals surface area contributed by atoms with Crippen LogP contribution < -0.4 is 15.1 Å². The van der Waals surface area contributed by atoms with Crippen LogP contribution in [0.5, 0.6) is 0 Å². The van der Waals surface area contributed by atoms with E-state index in [0.717, 1.165) is 29.4 Å². The van der Waals surface area contributed by atoms with Crippen LogP contribution in [0.15, 0.2) is 29.4 Å². The van der Waals surface area contributed by atoms with E-state index in [9.17, 15) is 9.59 Å². The van der Waals surface area contributed by atoms with Crippen molar-refractivity contribution in [2.75, 3.05) is 35.7 Å². The quantitative estimate of drug-likeness (QED) is 0.817. The van der Waals surface area contributed by atoms with Gasteiger partial charge in [-0.05, 0) is 37.0 Å². The second kappa shape index (κ2) is 7.83. The molecular formula is C19H24N6O2S. The van der Waals surface area contributed by atoms with E-state index in [1.807, 2.05) is 0 Å². The molecule has 8 nitrogen and oxygen atoms in total. The van der Waals surface area contributed by atoms with Crippen molar-refractivity contribution in [2.24, 2.45) is 5.92 Å². The SMILES string of the molecule is CC1CCCN(c2ccc3c(c2)N(C)C(=O)[C@@H](NC(=O)c2ncn[nH]2)CS3)C1. The van der Waals surface area contributed by atoms with Gasteiger partial charge in [0.25, 0.3) is 5.91 Å². The molecule has 0 bridgehead atoms. The summed E-state index contributed by atoms with van der Waals surface area (Å²) in [6.45, 7) is 4.37. The molecule has 1 unspecified atom stereocenters. The number of thioether (sulfide) groups is 1. The van der Waals surface area contributed by atoms with Crippen molar-refractivity contribution in [1.29, 1.82) is 0 Å². The van der Waals surface area contributed by atoms with Crippen LogP contribution in [0.4, 0.5) is 11.4 Å². The van der Waals surface area contributed by atoms with E-state index >= 15 is 0 Å². The van der Waals surface area contributed by atoms with Crippen molar-refractivity contribution >= 4 is 35.0 Å². The van der Waals surface area contributed by atoms with Crippen molar-refractivity contribution < 1.29 is 9.59 Å². The van der Waals surface area contributed by atoms with E-state index < -0.39 is 11.9 Å². The van der Waals surface area contributed by atoms with Crippen LogP contribution in [-0.2, 0) is 4.79 Å². The molecule has 9 heteroatoms. The summed E-state index contributed by atoms with van der Waals surface area (Å²) in [4.78, 5) is 34.2. The highest BCUT2D eigenvalue weighted by molar-refractivity contribution is 7.99. The Bertz CT molecular complexity index is 871. The number of amides is 2. The highest BCUT2D eigenvalue weighted by atomic mass is 32.2. The van der Waals surface area contributed by atoms with E-state index in [-0.39, 0.29) is 11.7 Å². The van der Waals surface area contributed by atoms with Gasteiger partial charge in [0.1, 0.15) is 12.4 Å². The van der Waals surface area contributed by atoms with Gasteiger partial charge in [-0.3, -0.25) is 14.7 Å². The average Bonchev–Trinajstić information content (AvgIpc) is 3.21. The van der Waals surface area contributed by atoms with Crippen molar-refractivity contribution in [1.82, 2.24) is 20.5 Å². The third-order valence-corrected chi connectivity index (χ3v) is 6.45. The lowest BCUT2D eigenvalue weighted by molar-refractivity contribution is -0.119. The van der Waals surface area contributed by atoms with E-state index in [1.165, 1.54) is 19.2 Å². The second-order valence-corrected chi connectivity index (χ2v) is 8.48. The van der Waals surface area contributed by atoms with E-state index in [2.05, 4.69) is 50.5 Å². The molecule has 0 aliphatic carbocycles. The Hall–Kier alpha value is -2.55. The zero-order valence-corrected chi connectivity index (χ0v) is 16.8. The Morgan fingerprint density at radius 3 is 3.00 bits per heavy atom. The largest absolute Gasteiger partial charge is 0.371 e. The minimum Gasteiger partial charge on any atom is -0.371 e. The molecule has 1 aromatic carbocycles. The maximum absolute atomic E-state index is 13.0. The van der Waals surface area contributed by atoms with Crippen LogP contribution in [0, 0.1) is 5.92 Å². The molecule has 1 fully saturated rings. The van der Waals surface area contributed by atoms with Crippen molar-refractivity contribution in [2.45, 2.75) is 30.7 Å². The van der Waals surface area contributed by atoms with Gasteiger partial charge in [0, 0.05) is 36.5 Å². The Balaban J connectivity index is 1.53. The molecule has 2 N–H and O–H groups in total. The third-order valence-electron chi connectivity index (χ3n) is 5.30. The first-order chi connectivity index (χ1) is 13.5. The highest BCUT2D eigenvalue weighted by Crippen LogP contribution is 2.37. The van der Waals surface area contributed by atoms with Crippen molar-refractivity contribution in [3.8, 4) is 0 Å². The minimum absolute atomic E-state index is 0.101. The zero-order valence-electron chi connectivity index (χ0n) is 16.0. The summed E-state index contributed by atoms with van der Waals surface area (Å²) >= 11 is 1.58. The fourth-order valence-electron chi connectivity index (χ4n) is 3.75. The number of anilines is 2. The topological polar surface area (TPSA) is 94.2 Å². The number of piperidine rings is 1. The molecular weight excluding hydrogens is 376 g/mol. The molecule has 0 saturated carbocycles. The zero-order chi connectivity index (χ0) is 19.7. The Labute approximate surface area is 168 Å². The molecule has 0 spiro atoms. The molecule has 2 atom stereocenters. The number of nitrogens with one attached hydrogen (secondary N) is 2. The number of H-pyrrole nitrogens is 1. The molecule has 3 heterocycles. The summed E-state index contributed by atoms with van der Waals surface area (Å²) in [6.07, 6.45) is 3.73. The van der Waals surface area contributed by atoms with E-state index in [1.54, 1.807) is 23.7 Å². The van der Waals surface area contributed by atoms with Crippen LogP contribution in [0.3, 0.4) is 0 Å². The summed E-state index contributed by atoms with van der Waals surface area (Å²) in [5.41, 5.74) is 2.04. The summed E-state index contributed by atoms with van der Waals surface area (Å²) in [5, 5.41) is 8.97. The molecule has 148 valence electrons. The normalized spacial score (nSPS) is 22.6. The first-order valence-corrected chi connectivity index (χ1v) is 10.5. The number of nitrogens with zero attached hydrogens (tertiary/aromatic N) is 4. The number of aromatic nitrogens is 3. The molecule has 2 aliphatic rings. The summed E-state index contributed by atoms with van der Waals surface area (Å²) in [5.74, 6) is 0.679. The molecule has 2 aliphatic heterocycles. The Morgan fingerprint density at radius 1 is 1.39 bits per heavy atom. The van der Waals surface area contributed by atoms with E-state index in [0.29, 0.717) is 11.7 Å². The average molecular weight is 401 g/mol.